The predicted molar refractivity (Wildman–Crippen MR) is 79.3 cm³/mol. The number of nitrogens with one attached hydrogen (secondary N) is 1. The molecule has 108 valence electrons. The first-order valence-electron chi connectivity index (χ1n) is 8.06. The molecule has 3 heteroatoms. The Bertz CT molecular complexity index is 486. The normalized spacial score (nSPS) is 28.9. The van der Waals surface area contributed by atoms with E-state index < -0.39 is 0 Å². The van der Waals surface area contributed by atoms with Gasteiger partial charge in [0.1, 0.15) is 5.82 Å². The maximum Gasteiger partial charge on any atom is 0.125 e. The Morgan fingerprint density at radius 1 is 1.05 bits per heavy atom. The maximum atomic E-state index is 13.9. The highest BCUT2D eigenvalue weighted by Crippen LogP contribution is 2.39. The molecule has 2 nitrogen and oxygen atoms in total. The zero-order valence-electron chi connectivity index (χ0n) is 11.9. The summed E-state index contributed by atoms with van der Waals surface area (Å²) in [6.07, 6.45) is 6.68. The minimum atomic E-state index is -0.0906. The second-order valence-corrected chi connectivity index (χ2v) is 6.83. The average molecular weight is 274 g/mol. The summed E-state index contributed by atoms with van der Waals surface area (Å²) in [6.45, 7) is 3.06. The molecule has 2 aliphatic carbocycles. The molecule has 1 N–H and O–H groups in total. The van der Waals surface area contributed by atoms with Crippen LogP contribution in [0.15, 0.2) is 18.2 Å². The van der Waals surface area contributed by atoms with Crippen molar-refractivity contribution < 1.29 is 4.39 Å². The number of halogens is 1. The van der Waals surface area contributed by atoms with Crippen molar-refractivity contribution in [2.24, 2.45) is 11.8 Å². The van der Waals surface area contributed by atoms with Gasteiger partial charge in [-0.3, -0.25) is 0 Å². The second-order valence-electron chi connectivity index (χ2n) is 6.83. The first kappa shape index (κ1) is 12.6. The lowest BCUT2D eigenvalue weighted by molar-refractivity contribution is 0.494. The molecule has 3 aliphatic rings. The molecule has 2 saturated carbocycles. The van der Waals surface area contributed by atoms with Crippen LogP contribution in [0.4, 0.5) is 10.1 Å². The fourth-order valence-electron chi connectivity index (χ4n) is 3.91. The molecule has 2 unspecified atom stereocenters. The van der Waals surface area contributed by atoms with E-state index in [1.807, 2.05) is 0 Å². The van der Waals surface area contributed by atoms with Crippen LogP contribution in [0.3, 0.4) is 0 Å². The SMILES string of the molecule is Fc1cc(CNC2CC2)cc(N2CC3CCCC3C2)c1. The molecule has 0 amide bonds. The lowest BCUT2D eigenvalue weighted by atomic mass is 10.0. The largest absolute Gasteiger partial charge is 0.371 e. The van der Waals surface area contributed by atoms with Gasteiger partial charge in [0.15, 0.2) is 0 Å². The number of anilines is 1. The third-order valence-electron chi connectivity index (χ3n) is 5.21. The highest BCUT2D eigenvalue weighted by Gasteiger charge is 2.36. The van der Waals surface area contributed by atoms with Crippen molar-refractivity contribution in [3.05, 3.63) is 29.6 Å². The Kier molecular flexibility index (Phi) is 3.18. The molecule has 1 heterocycles. The van der Waals surface area contributed by atoms with Crippen LogP contribution in [-0.4, -0.2) is 19.1 Å². The Balaban J connectivity index is 1.49. The van der Waals surface area contributed by atoms with Gasteiger partial charge in [-0.25, -0.2) is 4.39 Å². The van der Waals surface area contributed by atoms with Gasteiger partial charge in [-0.05, 0) is 61.3 Å². The van der Waals surface area contributed by atoms with Crippen molar-refractivity contribution in [3.63, 3.8) is 0 Å². The van der Waals surface area contributed by atoms with Crippen LogP contribution >= 0.6 is 0 Å². The van der Waals surface area contributed by atoms with E-state index in [0.717, 1.165) is 42.7 Å². The molecule has 1 aromatic carbocycles. The zero-order valence-corrected chi connectivity index (χ0v) is 11.9. The van der Waals surface area contributed by atoms with E-state index in [4.69, 9.17) is 0 Å². The van der Waals surface area contributed by atoms with Crippen LogP contribution in [0, 0.1) is 17.7 Å². The summed E-state index contributed by atoms with van der Waals surface area (Å²) < 4.78 is 13.9. The summed E-state index contributed by atoms with van der Waals surface area (Å²) >= 11 is 0. The van der Waals surface area contributed by atoms with Crippen LogP contribution in [-0.2, 0) is 6.54 Å². The molecule has 4 rings (SSSR count). The van der Waals surface area contributed by atoms with Gasteiger partial charge in [-0.15, -0.1) is 0 Å². The lowest BCUT2D eigenvalue weighted by Gasteiger charge is -2.20. The van der Waals surface area contributed by atoms with Gasteiger partial charge in [-0.2, -0.15) is 0 Å². The Hall–Kier alpha value is -1.09. The molecule has 0 spiro atoms. The second kappa shape index (κ2) is 5.03. The molecule has 1 aromatic rings. The van der Waals surface area contributed by atoms with Gasteiger partial charge in [0, 0.05) is 31.4 Å². The van der Waals surface area contributed by atoms with Crippen molar-refractivity contribution >= 4 is 5.69 Å². The van der Waals surface area contributed by atoms with Gasteiger partial charge in [0.2, 0.25) is 0 Å². The van der Waals surface area contributed by atoms with E-state index >= 15 is 0 Å². The molecule has 0 bridgehead atoms. The van der Waals surface area contributed by atoms with E-state index in [1.165, 1.54) is 32.1 Å². The predicted octanol–water partition coefficient (Wildman–Crippen LogP) is 3.31. The van der Waals surface area contributed by atoms with E-state index in [2.05, 4.69) is 16.3 Å². The summed E-state index contributed by atoms with van der Waals surface area (Å²) in [5.41, 5.74) is 2.18. The van der Waals surface area contributed by atoms with Gasteiger partial charge >= 0.3 is 0 Å². The van der Waals surface area contributed by atoms with Crippen molar-refractivity contribution in [1.82, 2.24) is 5.32 Å². The Morgan fingerprint density at radius 2 is 1.80 bits per heavy atom. The minimum Gasteiger partial charge on any atom is -0.371 e. The molecular weight excluding hydrogens is 251 g/mol. The van der Waals surface area contributed by atoms with E-state index in [-0.39, 0.29) is 5.82 Å². The molecule has 1 aliphatic heterocycles. The van der Waals surface area contributed by atoms with Gasteiger partial charge in [0.05, 0.1) is 0 Å². The summed E-state index contributed by atoms with van der Waals surface area (Å²) in [4.78, 5) is 2.40. The van der Waals surface area contributed by atoms with E-state index in [0.29, 0.717) is 6.04 Å². The fourth-order valence-corrected chi connectivity index (χ4v) is 3.91. The molecule has 0 radical (unpaired) electrons. The zero-order chi connectivity index (χ0) is 13.5. The third kappa shape index (κ3) is 2.56. The Labute approximate surface area is 120 Å². The van der Waals surface area contributed by atoms with Crippen molar-refractivity contribution in [1.29, 1.82) is 0 Å². The highest BCUT2D eigenvalue weighted by atomic mass is 19.1. The Morgan fingerprint density at radius 3 is 2.50 bits per heavy atom. The van der Waals surface area contributed by atoms with Gasteiger partial charge in [0.25, 0.3) is 0 Å². The quantitative estimate of drug-likeness (QED) is 0.906. The molecular formula is C17H23FN2. The first-order valence-corrected chi connectivity index (χ1v) is 8.06. The highest BCUT2D eigenvalue weighted by molar-refractivity contribution is 5.50. The number of nitrogens with zero attached hydrogens (tertiary/aromatic N) is 1. The van der Waals surface area contributed by atoms with Crippen LogP contribution in [0.1, 0.15) is 37.7 Å². The number of rotatable bonds is 4. The summed E-state index contributed by atoms with van der Waals surface area (Å²) in [5, 5.41) is 3.47. The van der Waals surface area contributed by atoms with Crippen LogP contribution in [0.25, 0.3) is 0 Å². The number of fused-ring (bicyclic) bond motifs is 1. The molecule has 2 atom stereocenters. The van der Waals surface area contributed by atoms with Crippen molar-refractivity contribution in [3.8, 4) is 0 Å². The van der Waals surface area contributed by atoms with Gasteiger partial charge < -0.3 is 10.2 Å². The minimum absolute atomic E-state index is 0.0906. The molecule has 1 saturated heterocycles. The summed E-state index contributed by atoms with van der Waals surface area (Å²) in [5.74, 6) is 1.62. The van der Waals surface area contributed by atoms with Crippen molar-refractivity contribution in [2.45, 2.75) is 44.7 Å². The standard InChI is InChI=1S/C17H23FN2/c18-15-6-12(9-19-16-4-5-16)7-17(8-15)20-10-13-2-1-3-14(13)11-20/h6-8,13-14,16,19H,1-5,9-11H2. The van der Waals surface area contributed by atoms with Gasteiger partial charge in [-0.1, -0.05) is 6.42 Å². The summed E-state index contributed by atoms with van der Waals surface area (Å²) in [7, 11) is 0. The average Bonchev–Trinajstić information content (AvgIpc) is 3.00. The lowest BCUT2D eigenvalue weighted by Crippen LogP contribution is -2.21. The molecule has 20 heavy (non-hydrogen) atoms. The number of hydrogen-bond acceptors (Lipinski definition) is 2. The number of benzene rings is 1. The van der Waals surface area contributed by atoms with Crippen LogP contribution < -0.4 is 10.2 Å². The third-order valence-corrected chi connectivity index (χ3v) is 5.21. The van der Waals surface area contributed by atoms with Crippen molar-refractivity contribution in [2.75, 3.05) is 18.0 Å². The smallest absolute Gasteiger partial charge is 0.125 e. The monoisotopic (exact) mass is 274 g/mol. The molecule has 3 fully saturated rings. The topological polar surface area (TPSA) is 15.3 Å². The van der Waals surface area contributed by atoms with Crippen LogP contribution in [0.5, 0.6) is 0 Å². The van der Waals surface area contributed by atoms with Crippen LogP contribution in [0.2, 0.25) is 0 Å². The number of hydrogen-bond donors (Lipinski definition) is 1. The molecule has 0 aromatic heterocycles. The maximum absolute atomic E-state index is 13.9. The first-order chi connectivity index (χ1) is 9.78. The fraction of sp³-hybridized carbons (Fsp3) is 0.647. The van der Waals surface area contributed by atoms with E-state index in [9.17, 15) is 4.39 Å². The summed E-state index contributed by atoms with van der Waals surface area (Å²) in [6, 6.07) is 6.24. The van der Waals surface area contributed by atoms with E-state index in [1.54, 1.807) is 12.1 Å².